The Bertz CT molecular complexity index is 1460. The molecule has 2 unspecified atom stereocenters. The van der Waals surface area contributed by atoms with Crippen LogP contribution in [0.3, 0.4) is 0 Å². The fourth-order valence-electron chi connectivity index (χ4n) is 9.51. The number of carbonyl (C=O) groups excluding carboxylic acids is 2. The Morgan fingerprint density at radius 3 is 1.09 bits per heavy atom. The summed E-state index contributed by atoms with van der Waals surface area (Å²) in [4.78, 5) is 37.5. The van der Waals surface area contributed by atoms with Gasteiger partial charge < -0.3 is 28.5 Å². The van der Waals surface area contributed by atoms with Crippen LogP contribution in [0.25, 0.3) is 0 Å². The van der Waals surface area contributed by atoms with E-state index in [1.807, 2.05) is 21.1 Å². The SMILES string of the molecule is CC/C=C\C/C=C\C/C=C\C/C=C\C/C=C\CCCCCCCCCCCCCCCCCCCCCC(=O)OC(COC(=O)CCCCCCCCCCCCCCCCCCCC)COC(OCC[N+](C)(C)C)C(=O)O. The van der Waals surface area contributed by atoms with Crippen LogP contribution >= 0.6 is 0 Å². The highest BCUT2D eigenvalue weighted by molar-refractivity contribution is 5.71. The number of likely N-dealkylation sites (N-methyl/N-ethyl adjacent to an activating group) is 1. The minimum atomic E-state index is -1.51. The molecule has 78 heavy (non-hydrogen) atoms. The van der Waals surface area contributed by atoms with E-state index in [2.05, 4.69) is 74.6 Å². The number of quaternary nitrogens is 1. The number of carbonyl (C=O) groups is 3. The van der Waals surface area contributed by atoms with E-state index in [1.165, 1.54) is 205 Å². The molecule has 0 aliphatic carbocycles. The van der Waals surface area contributed by atoms with Gasteiger partial charge >= 0.3 is 17.9 Å². The zero-order valence-electron chi connectivity index (χ0n) is 51.8. The molecular weight excluding hydrogens is 971 g/mol. The monoisotopic (exact) mass is 1100 g/mol. The van der Waals surface area contributed by atoms with E-state index >= 15 is 0 Å². The van der Waals surface area contributed by atoms with Crippen molar-refractivity contribution in [2.24, 2.45) is 0 Å². The van der Waals surface area contributed by atoms with E-state index in [0.717, 1.165) is 70.6 Å². The summed E-state index contributed by atoms with van der Waals surface area (Å²) in [6.45, 7) is 4.81. The number of carboxylic acids is 1. The van der Waals surface area contributed by atoms with Gasteiger partial charge in [-0.25, -0.2) is 4.79 Å². The zero-order chi connectivity index (χ0) is 56.9. The van der Waals surface area contributed by atoms with Crippen LogP contribution in [0.5, 0.6) is 0 Å². The van der Waals surface area contributed by atoms with Gasteiger partial charge in [0.25, 0.3) is 6.29 Å². The fourth-order valence-corrected chi connectivity index (χ4v) is 9.51. The van der Waals surface area contributed by atoms with Gasteiger partial charge in [-0.05, 0) is 57.8 Å². The molecule has 0 aliphatic heterocycles. The number of hydrogen-bond acceptors (Lipinski definition) is 7. The van der Waals surface area contributed by atoms with Crippen LogP contribution in [0.2, 0.25) is 0 Å². The molecule has 2 atom stereocenters. The van der Waals surface area contributed by atoms with Gasteiger partial charge in [0.1, 0.15) is 13.2 Å². The second kappa shape index (κ2) is 60.1. The summed E-state index contributed by atoms with van der Waals surface area (Å²) in [5.41, 5.74) is 0. The largest absolute Gasteiger partial charge is 0.477 e. The topological polar surface area (TPSA) is 108 Å². The summed E-state index contributed by atoms with van der Waals surface area (Å²) in [7, 11) is 5.98. The molecule has 9 nitrogen and oxygen atoms in total. The number of esters is 2. The number of aliphatic carboxylic acids is 1. The molecule has 454 valence electrons. The average Bonchev–Trinajstić information content (AvgIpc) is 3.41. The maximum atomic E-state index is 12.9. The van der Waals surface area contributed by atoms with Crippen LogP contribution in [0.4, 0.5) is 0 Å². The Morgan fingerprint density at radius 1 is 0.397 bits per heavy atom. The lowest BCUT2D eigenvalue weighted by molar-refractivity contribution is -0.870. The first-order valence-electron chi connectivity index (χ1n) is 33.0. The summed E-state index contributed by atoms with van der Waals surface area (Å²) in [5, 5.41) is 9.72. The molecule has 0 aromatic rings. The summed E-state index contributed by atoms with van der Waals surface area (Å²) in [5.74, 6) is -1.98. The van der Waals surface area contributed by atoms with Gasteiger partial charge in [0.2, 0.25) is 0 Å². The second-order valence-corrected chi connectivity index (χ2v) is 23.4. The molecule has 0 rings (SSSR count). The zero-order valence-corrected chi connectivity index (χ0v) is 51.8. The first-order valence-corrected chi connectivity index (χ1v) is 33.0. The first-order chi connectivity index (χ1) is 38.1. The van der Waals surface area contributed by atoms with Gasteiger partial charge in [0.05, 0.1) is 34.4 Å². The predicted octanol–water partition coefficient (Wildman–Crippen LogP) is 20.0. The highest BCUT2D eigenvalue weighted by atomic mass is 16.7. The molecular formula is C69H126NO8+. The van der Waals surface area contributed by atoms with Gasteiger partial charge in [-0.1, -0.05) is 293 Å². The third-order valence-corrected chi connectivity index (χ3v) is 14.5. The molecule has 0 amide bonds. The van der Waals surface area contributed by atoms with Crippen molar-refractivity contribution >= 4 is 17.9 Å². The first kappa shape index (κ1) is 75.0. The Kier molecular flexibility index (Phi) is 57.8. The van der Waals surface area contributed by atoms with Crippen LogP contribution in [0.1, 0.15) is 303 Å². The van der Waals surface area contributed by atoms with Gasteiger partial charge in [-0.2, -0.15) is 0 Å². The predicted molar refractivity (Wildman–Crippen MR) is 332 cm³/mol. The van der Waals surface area contributed by atoms with E-state index < -0.39 is 18.4 Å². The number of carboxylic acid groups (broad SMARTS) is 1. The van der Waals surface area contributed by atoms with E-state index in [1.54, 1.807) is 0 Å². The maximum Gasteiger partial charge on any atom is 0.361 e. The van der Waals surface area contributed by atoms with Crippen molar-refractivity contribution in [3.8, 4) is 0 Å². The molecule has 1 N–H and O–H groups in total. The lowest BCUT2D eigenvalue weighted by Gasteiger charge is -2.25. The van der Waals surface area contributed by atoms with Gasteiger partial charge in [0, 0.05) is 12.8 Å². The van der Waals surface area contributed by atoms with Crippen molar-refractivity contribution in [1.29, 1.82) is 0 Å². The third kappa shape index (κ3) is 60.6. The van der Waals surface area contributed by atoms with Gasteiger partial charge in [-0.15, -0.1) is 0 Å². The van der Waals surface area contributed by atoms with Crippen LogP contribution in [-0.4, -0.2) is 87.4 Å². The molecule has 0 saturated carbocycles. The summed E-state index contributed by atoms with van der Waals surface area (Å²) in [6, 6.07) is 0. The van der Waals surface area contributed by atoms with Crippen LogP contribution < -0.4 is 0 Å². The van der Waals surface area contributed by atoms with E-state index in [0.29, 0.717) is 17.4 Å². The van der Waals surface area contributed by atoms with Crippen molar-refractivity contribution in [2.45, 2.75) is 315 Å². The van der Waals surface area contributed by atoms with E-state index in [9.17, 15) is 19.5 Å². The molecule has 0 radical (unpaired) electrons. The molecule has 0 heterocycles. The Morgan fingerprint density at radius 2 is 0.731 bits per heavy atom. The quantitative estimate of drug-likeness (QED) is 0.0211. The number of rotatable bonds is 61. The lowest BCUT2D eigenvalue weighted by Crippen LogP contribution is -2.40. The van der Waals surface area contributed by atoms with E-state index in [-0.39, 0.29) is 38.2 Å². The third-order valence-electron chi connectivity index (χ3n) is 14.5. The van der Waals surface area contributed by atoms with Crippen LogP contribution in [0.15, 0.2) is 60.8 Å². The summed E-state index contributed by atoms with van der Waals surface area (Å²) < 4.78 is 23.0. The molecule has 9 heteroatoms. The Hall–Kier alpha value is -3.01. The molecule has 0 fully saturated rings. The number of ether oxygens (including phenoxy) is 4. The van der Waals surface area contributed by atoms with Crippen molar-refractivity contribution in [3.63, 3.8) is 0 Å². The van der Waals surface area contributed by atoms with Gasteiger partial charge in [-0.3, -0.25) is 9.59 Å². The molecule has 0 aromatic heterocycles. The Balaban J connectivity index is 4.05. The summed E-state index contributed by atoms with van der Waals surface area (Å²) >= 11 is 0. The molecule has 0 spiro atoms. The number of nitrogens with zero attached hydrogens (tertiary/aromatic N) is 1. The molecule has 0 aromatic carbocycles. The lowest BCUT2D eigenvalue weighted by atomic mass is 10.0. The highest BCUT2D eigenvalue weighted by Crippen LogP contribution is 2.18. The number of allylic oxidation sites excluding steroid dienone is 10. The molecule has 0 saturated heterocycles. The Labute approximate surface area is 482 Å². The number of hydrogen-bond donors (Lipinski definition) is 1. The van der Waals surface area contributed by atoms with Crippen molar-refractivity contribution in [2.75, 3.05) is 47.5 Å². The van der Waals surface area contributed by atoms with Crippen LogP contribution in [-0.2, 0) is 33.3 Å². The van der Waals surface area contributed by atoms with Crippen molar-refractivity contribution in [1.82, 2.24) is 0 Å². The highest BCUT2D eigenvalue weighted by Gasteiger charge is 2.25. The minimum Gasteiger partial charge on any atom is -0.477 e. The minimum absolute atomic E-state index is 0.177. The van der Waals surface area contributed by atoms with Crippen molar-refractivity contribution in [3.05, 3.63) is 60.8 Å². The normalized spacial score (nSPS) is 13.1. The van der Waals surface area contributed by atoms with Gasteiger partial charge in [0.15, 0.2) is 6.10 Å². The van der Waals surface area contributed by atoms with Crippen molar-refractivity contribution < 1.29 is 42.9 Å². The fraction of sp³-hybridized carbons (Fsp3) is 0.812. The summed E-state index contributed by atoms with van der Waals surface area (Å²) in [6.07, 6.45) is 74.7. The smallest absolute Gasteiger partial charge is 0.361 e. The molecule has 0 bridgehead atoms. The average molecular weight is 1100 g/mol. The standard InChI is InChI=1S/C69H125NO8/c1-6-8-10-12-14-16-18-20-22-24-26-27-28-29-30-31-32-33-34-35-36-37-38-39-40-41-42-44-46-48-50-52-54-56-58-60-67(72)78-65(64-77-69(68(73)74)75-62-61-70(3,4)5)63-76-66(71)59-57-55-53-51-49-47-45-43-25-23-21-19-17-15-13-11-9-7-2/h8,10,14,16,20,22,26-27,29-30,65,69H,6-7,9,11-13,15,17-19,21,23-25,28,31-64H2,1-5H3/p+1/b10-8-,16-14-,22-20-,27-26-,30-29-. The second-order valence-electron chi connectivity index (χ2n) is 23.4. The van der Waals surface area contributed by atoms with E-state index in [4.69, 9.17) is 18.9 Å². The number of unbranched alkanes of at least 4 members (excludes halogenated alkanes) is 36. The molecule has 0 aliphatic rings. The van der Waals surface area contributed by atoms with Crippen LogP contribution in [0, 0.1) is 0 Å². The maximum absolute atomic E-state index is 12.9.